The fourth-order valence-electron chi connectivity index (χ4n) is 6.73. The highest BCUT2D eigenvalue weighted by atomic mass is 16.5. The second kappa shape index (κ2) is 12.3. The van der Waals surface area contributed by atoms with Gasteiger partial charge >= 0.3 is 6.01 Å². The van der Waals surface area contributed by atoms with Crippen molar-refractivity contribution in [1.29, 1.82) is 10.5 Å². The zero-order chi connectivity index (χ0) is 29.9. The number of aryl methyl sites for hydroxylation is 1. The summed E-state index contributed by atoms with van der Waals surface area (Å²) in [6.07, 6.45) is 6.16. The summed E-state index contributed by atoms with van der Waals surface area (Å²) in [5, 5.41) is 27.2. The molecule has 3 aromatic rings. The zero-order valence-electron chi connectivity index (χ0n) is 24.5. The lowest BCUT2D eigenvalue weighted by Crippen LogP contribution is -2.55. The molecule has 0 unspecified atom stereocenters. The first-order valence-electron chi connectivity index (χ1n) is 14.9. The monoisotopic (exact) mass is 580 g/mol. The molecule has 1 amide bonds. The lowest BCUT2D eigenvalue weighted by atomic mass is 10.0. The van der Waals surface area contributed by atoms with Crippen LogP contribution < -0.4 is 14.5 Å². The maximum absolute atomic E-state index is 12.5. The van der Waals surface area contributed by atoms with Crippen LogP contribution in [0.3, 0.4) is 0 Å². The molecule has 0 radical (unpaired) electrons. The second-order valence-corrected chi connectivity index (χ2v) is 11.4. The number of carbonyl (C=O) groups excluding carboxylic acids is 1. The number of benzene rings is 1. The number of amides is 1. The smallest absolute Gasteiger partial charge is 0.318 e. The first-order valence-corrected chi connectivity index (χ1v) is 14.9. The highest BCUT2D eigenvalue weighted by Gasteiger charge is 2.34. The molecule has 1 N–H and O–H groups in total. The number of hydrogen-bond acceptors (Lipinski definition) is 10. The van der Waals surface area contributed by atoms with Crippen LogP contribution in [0, 0.1) is 29.6 Å². The standard InChI is InChI=1S/C31H36N10O2/c1-3-28(42)41-16-15-40(18-22(41)8-10-32)30-24-9-13-39(29-21(2)6-7-26-25(29)17-34-37-26)19-27(24)35-31(36-30)43-20-23-5-4-12-38(23)14-11-33/h3,6-7,17,22-23H,1,4-5,8-9,12-16,18-20H2,2H3,(H,34,37)/t22-,23-/m0/s1. The van der Waals surface area contributed by atoms with E-state index < -0.39 is 0 Å². The minimum absolute atomic E-state index is 0.147. The van der Waals surface area contributed by atoms with Gasteiger partial charge in [0.15, 0.2) is 0 Å². The van der Waals surface area contributed by atoms with Gasteiger partial charge in [-0.1, -0.05) is 12.6 Å². The fourth-order valence-corrected chi connectivity index (χ4v) is 6.73. The first-order chi connectivity index (χ1) is 21.0. The number of aromatic amines is 1. The third-order valence-corrected chi connectivity index (χ3v) is 8.88. The summed E-state index contributed by atoms with van der Waals surface area (Å²) in [6, 6.07) is 8.87. The van der Waals surface area contributed by atoms with Crippen LogP contribution in [0.5, 0.6) is 6.01 Å². The van der Waals surface area contributed by atoms with Crippen molar-refractivity contribution < 1.29 is 9.53 Å². The SMILES string of the molecule is C=CC(=O)N1CCN(c2nc(OC[C@@H]3CCCN3CC#N)nc3c2CCN(c2c(C)ccc4[nH]ncc24)C3)C[C@@H]1CC#N. The van der Waals surface area contributed by atoms with E-state index in [-0.39, 0.29) is 24.4 Å². The van der Waals surface area contributed by atoms with Gasteiger partial charge in [-0.15, -0.1) is 0 Å². The van der Waals surface area contributed by atoms with Gasteiger partial charge < -0.3 is 19.4 Å². The van der Waals surface area contributed by atoms with Crippen LogP contribution in [0.4, 0.5) is 11.5 Å². The van der Waals surface area contributed by atoms with Gasteiger partial charge in [0.1, 0.15) is 12.4 Å². The van der Waals surface area contributed by atoms with Crippen LogP contribution >= 0.6 is 0 Å². The lowest BCUT2D eigenvalue weighted by Gasteiger charge is -2.42. The summed E-state index contributed by atoms with van der Waals surface area (Å²) in [7, 11) is 0. The van der Waals surface area contributed by atoms with E-state index in [1.807, 2.05) is 6.20 Å². The second-order valence-electron chi connectivity index (χ2n) is 11.4. The van der Waals surface area contributed by atoms with E-state index in [1.54, 1.807) is 4.90 Å². The molecule has 2 saturated heterocycles. The van der Waals surface area contributed by atoms with E-state index in [1.165, 1.54) is 11.6 Å². The Balaban J connectivity index is 1.33. The van der Waals surface area contributed by atoms with Crippen molar-refractivity contribution in [3.05, 3.63) is 47.8 Å². The van der Waals surface area contributed by atoms with Crippen molar-refractivity contribution in [2.45, 2.75) is 51.2 Å². The maximum Gasteiger partial charge on any atom is 0.318 e. The van der Waals surface area contributed by atoms with Crippen LogP contribution in [0.2, 0.25) is 0 Å². The number of ether oxygens (including phenoxy) is 1. The number of aromatic nitrogens is 4. The highest BCUT2D eigenvalue weighted by Crippen LogP contribution is 2.36. The number of nitrogens with zero attached hydrogens (tertiary/aromatic N) is 9. The van der Waals surface area contributed by atoms with Gasteiger partial charge in [-0.25, -0.2) is 0 Å². The van der Waals surface area contributed by atoms with E-state index in [0.717, 1.165) is 66.0 Å². The molecule has 3 aliphatic heterocycles. The number of H-pyrrole nitrogens is 1. The first kappa shape index (κ1) is 28.4. The molecule has 1 aromatic carbocycles. The molecule has 2 fully saturated rings. The Kier molecular flexibility index (Phi) is 8.12. The third kappa shape index (κ3) is 5.58. The van der Waals surface area contributed by atoms with Crippen LogP contribution in [0.1, 0.15) is 36.1 Å². The number of likely N-dealkylation sites (tertiary alicyclic amines) is 1. The van der Waals surface area contributed by atoms with Crippen LogP contribution in [-0.4, -0.2) is 93.8 Å². The maximum atomic E-state index is 12.5. The summed E-state index contributed by atoms with van der Waals surface area (Å²) in [4.78, 5) is 30.8. The van der Waals surface area contributed by atoms with E-state index in [9.17, 15) is 15.3 Å². The van der Waals surface area contributed by atoms with Gasteiger partial charge in [-0.2, -0.15) is 25.6 Å². The molecule has 12 heteroatoms. The normalized spacial score (nSPS) is 20.5. The molecule has 0 bridgehead atoms. The molecule has 12 nitrogen and oxygen atoms in total. The van der Waals surface area contributed by atoms with Crippen molar-refractivity contribution >= 4 is 28.3 Å². The Morgan fingerprint density at radius 1 is 1.16 bits per heavy atom. The van der Waals surface area contributed by atoms with Crippen molar-refractivity contribution in [2.24, 2.45) is 0 Å². The van der Waals surface area contributed by atoms with Gasteiger partial charge in [-0.05, 0) is 50.4 Å². The number of rotatable bonds is 8. The Morgan fingerprint density at radius 2 is 2.05 bits per heavy atom. The third-order valence-electron chi connectivity index (χ3n) is 8.88. The lowest BCUT2D eigenvalue weighted by molar-refractivity contribution is -0.128. The van der Waals surface area contributed by atoms with E-state index >= 15 is 0 Å². The molecule has 222 valence electrons. The van der Waals surface area contributed by atoms with Gasteiger partial charge in [-0.3, -0.25) is 14.8 Å². The van der Waals surface area contributed by atoms with Gasteiger partial charge in [0, 0.05) is 43.2 Å². The van der Waals surface area contributed by atoms with Crippen molar-refractivity contribution in [3.8, 4) is 18.1 Å². The molecular weight excluding hydrogens is 544 g/mol. The zero-order valence-corrected chi connectivity index (χ0v) is 24.5. The molecule has 0 spiro atoms. The average molecular weight is 581 g/mol. The molecule has 3 aliphatic rings. The Labute approximate surface area is 251 Å². The number of fused-ring (bicyclic) bond motifs is 2. The molecule has 43 heavy (non-hydrogen) atoms. The molecule has 6 rings (SSSR count). The Bertz CT molecular complexity index is 1600. The van der Waals surface area contributed by atoms with Crippen molar-refractivity contribution in [1.82, 2.24) is 30.0 Å². The number of piperazine rings is 1. The summed E-state index contributed by atoms with van der Waals surface area (Å²) in [5.41, 5.74) is 5.29. The Morgan fingerprint density at radius 3 is 2.86 bits per heavy atom. The molecule has 0 saturated carbocycles. The average Bonchev–Trinajstić information content (AvgIpc) is 3.68. The number of nitrogens with one attached hydrogen (secondary N) is 1. The van der Waals surface area contributed by atoms with Gasteiger partial charge in [0.05, 0.1) is 60.8 Å². The highest BCUT2D eigenvalue weighted by molar-refractivity contribution is 5.93. The fraction of sp³-hybridized carbons (Fsp3) is 0.484. The predicted octanol–water partition coefficient (Wildman–Crippen LogP) is 2.71. The van der Waals surface area contributed by atoms with Crippen LogP contribution in [0.15, 0.2) is 31.0 Å². The summed E-state index contributed by atoms with van der Waals surface area (Å²) in [6.45, 7) is 10.4. The predicted molar refractivity (Wildman–Crippen MR) is 161 cm³/mol. The van der Waals surface area contributed by atoms with Crippen molar-refractivity contribution in [2.75, 3.05) is 55.7 Å². The van der Waals surface area contributed by atoms with E-state index in [2.05, 4.69) is 62.7 Å². The van der Waals surface area contributed by atoms with Crippen LogP contribution in [-0.2, 0) is 17.8 Å². The largest absolute Gasteiger partial charge is 0.462 e. The Hall–Kier alpha value is -4.68. The number of carbonyl (C=O) groups is 1. The van der Waals surface area contributed by atoms with Crippen molar-refractivity contribution in [3.63, 3.8) is 0 Å². The quantitative estimate of drug-likeness (QED) is 0.312. The molecule has 5 heterocycles. The number of hydrogen-bond donors (Lipinski definition) is 1. The minimum atomic E-state index is -0.265. The number of anilines is 2. The summed E-state index contributed by atoms with van der Waals surface area (Å²) >= 11 is 0. The number of nitriles is 2. The van der Waals surface area contributed by atoms with Gasteiger partial charge in [0.2, 0.25) is 5.91 Å². The van der Waals surface area contributed by atoms with Crippen LogP contribution in [0.25, 0.3) is 10.9 Å². The van der Waals surface area contributed by atoms with E-state index in [0.29, 0.717) is 45.3 Å². The molecular formula is C31H36N10O2. The molecule has 0 aliphatic carbocycles. The topological polar surface area (TPSA) is 141 Å². The summed E-state index contributed by atoms with van der Waals surface area (Å²) < 4.78 is 6.27. The van der Waals surface area contributed by atoms with Gasteiger partial charge in [0.25, 0.3) is 0 Å². The summed E-state index contributed by atoms with van der Waals surface area (Å²) in [5.74, 6) is 0.651. The molecule has 2 aromatic heterocycles. The minimum Gasteiger partial charge on any atom is -0.462 e. The molecule has 2 atom stereocenters. The van der Waals surface area contributed by atoms with E-state index in [4.69, 9.17) is 14.7 Å².